The fraction of sp³-hybridized carbons (Fsp3) is 0.200. The smallest absolute Gasteiger partial charge is 0.284 e. The van der Waals surface area contributed by atoms with E-state index in [0.29, 0.717) is 24.6 Å². The summed E-state index contributed by atoms with van der Waals surface area (Å²) in [5.41, 5.74) is -0.200. The molecule has 17 heavy (non-hydrogen) atoms. The number of nitro groups is 1. The molecule has 3 rings (SSSR count). The summed E-state index contributed by atoms with van der Waals surface area (Å²) < 4.78 is 1.43. The van der Waals surface area contributed by atoms with Crippen molar-refractivity contribution >= 4 is 22.5 Å². The standard InChI is InChI=1S/C10H8N4O3/c15-9-8-6(2-1-3-7(8)14(16)17)12-10-11-4-5-13(9)10/h1-3H,4-5H2,(H,11,12). The van der Waals surface area contributed by atoms with Gasteiger partial charge in [0.25, 0.3) is 11.2 Å². The largest absolute Gasteiger partial charge is 0.354 e. The van der Waals surface area contributed by atoms with Gasteiger partial charge in [-0.05, 0) is 6.07 Å². The molecule has 1 aromatic carbocycles. The Balaban J connectivity index is 2.49. The number of anilines is 1. The van der Waals surface area contributed by atoms with Gasteiger partial charge in [0.05, 0.1) is 10.4 Å². The van der Waals surface area contributed by atoms with E-state index in [9.17, 15) is 14.9 Å². The third-order valence-corrected chi connectivity index (χ3v) is 2.78. The zero-order valence-electron chi connectivity index (χ0n) is 8.71. The van der Waals surface area contributed by atoms with E-state index < -0.39 is 4.92 Å². The topological polar surface area (TPSA) is 90.1 Å². The summed E-state index contributed by atoms with van der Waals surface area (Å²) in [6, 6.07) is 4.45. The second-order valence-electron chi connectivity index (χ2n) is 3.75. The zero-order chi connectivity index (χ0) is 12.0. The Morgan fingerprint density at radius 2 is 2.29 bits per heavy atom. The van der Waals surface area contributed by atoms with E-state index in [1.165, 1.54) is 16.7 Å². The molecule has 0 saturated heterocycles. The number of aromatic nitrogens is 2. The monoisotopic (exact) mass is 232 g/mol. The molecule has 0 aliphatic carbocycles. The van der Waals surface area contributed by atoms with Crippen LogP contribution in [0, 0.1) is 10.1 Å². The first-order valence-corrected chi connectivity index (χ1v) is 5.10. The maximum atomic E-state index is 12.1. The van der Waals surface area contributed by atoms with Gasteiger partial charge >= 0.3 is 0 Å². The van der Waals surface area contributed by atoms with Crippen molar-refractivity contribution in [2.24, 2.45) is 0 Å². The van der Waals surface area contributed by atoms with Crippen molar-refractivity contribution in [2.45, 2.75) is 6.54 Å². The van der Waals surface area contributed by atoms with Crippen LogP contribution in [0.3, 0.4) is 0 Å². The molecule has 2 aromatic rings. The normalized spacial score (nSPS) is 13.4. The van der Waals surface area contributed by atoms with Crippen molar-refractivity contribution in [2.75, 3.05) is 11.9 Å². The Morgan fingerprint density at radius 1 is 1.47 bits per heavy atom. The van der Waals surface area contributed by atoms with Crippen LogP contribution in [-0.2, 0) is 6.54 Å². The first-order valence-electron chi connectivity index (χ1n) is 5.10. The third-order valence-electron chi connectivity index (χ3n) is 2.78. The molecule has 1 aliphatic rings. The van der Waals surface area contributed by atoms with E-state index in [-0.39, 0.29) is 16.6 Å². The van der Waals surface area contributed by atoms with Gasteiger partial charge in [-0.25, -0.2) is 4.98 Å². The number of nitrogens with one attached hydrogen (secondary N) is 1. The van der Waals surface area contributed by atoms with Gasteiger partial charge in [0.1, 0.15) is 5.39 Å². The third kappa shape index (κ3) is 1.28. The van der Waals surface area contributed by atoms with Gasteiger partial charge in [-0.15, -0.1) is 0 Å². The Labute approximate surface area is 94.9 Å². The molecule has 0 unspecified atom stereocenters. The van der Waals surface area contributed by atoms with Gasteiger partial charge in [-0.2, -0.15) is 0 Å². The van der Waals surface area contributed by atoms with Gasteiger partial charge < -0.3 is 5.32 Å². The van der Waals surface area contributed by atoms with E-state index in [0.717, 1.165) is 0 Å². The number of rotatable bonds is 1. The Morgan fingerprint density at radius 3 is 3.06 bits per heavy atom. The van der Waals surface area contributed by atoms with Crippen LogP contribution in [0.15, 0.2) is 23.0 Å². The predicted molar refractivity (Wildman–Crippen MR) is 61.1 cm³/mol. The fourth-order valence-electron chi connectivity index (χ4n) is 2.02. The van der Waals surface area contributed by atoms with Crippen molar-refractivity contribution in [3.05, 3.63) is 38.7 Å². The maximum Gasteiger partial charge on any atom is 0.284 e. The predicted octanol–water partition coefficient (Wildman–Crippen LogP) is 0.730. The first-order chi connectivity index (χ1) is 8.18. The van der Waals surface area contributed by atoms with E-state index in [4.69, 9.17) is 0 Å². The molecule has 0 spiro atoms. The summed E-state index contributed by atoms with van der Waals surface area (Å²) in [4.78, 5) is 26.7. The van der Waals surface area contributed by atoms with Crippen molar-refractivity contribution in [1.29, 1.82) is 0 Å². The Hall–Kier alpha value is -2.44. The number of nitrogens with zero attached hydrogens (tertiary/aromatic N) is 3. The highest BCUT2D eigenvalue weighted by Crippen LogP contribution is 2.22. The van der Waals surface area contributed by atoms with Gasteiger partial charge in [-0.3, -0.25) is 19.5 Å². The number of benzene rings is 1. The fourth-order valence-corrected chi connectivity index (χ4v) is 2.02. The van der Waals surface area contributed by atoms with Crippen LogP contribution in [0.5, 0.6) is 0 Å². The van der Waals surface area contributed by atoms with Crippen LogP contribution in [0.4, 0.5) is 11.6 Å². The molecule has 7 heteroatoms. The molecule has 0 amide bonds. The molecule has 1 N–H and O–H groups in total. The Bertz CT molecular complexity index is 692. The highest BCUT2D eigenvalue weighted by molar-refractivity contribution is 5.87. The molecule has 1 aromatic heterocycles. The van der Waals surface area contributed by atoms with Crippen LogP contribution in [-0.4, -0.2) is 21.0 Å². The second-order valence-corrected chi connectivity index (χ2v) is 3.75. The lowest BCUT2D eigenvalue weighted by Gasteiger charge is -2.04. The number of non-ortho nitro benzene ring substituents is 1. The first kappa shape index (κ1) is 9.76. The number of fused-ring (bicyclic) bond motifs is 2. The minimum Gasteiger partial charge on any atom is -0.354 e. The minimum atomic E-state index is -0.555. The van der Waals surface area contributed by atoms with Crippen molar-refractivity contribution in [3.63, 3.8) is 0 Å². The summed E-state index contributed by atoms with van der Waals surface area (Å²) in [5.74, 6) is 0.475. The SMILES string of the molecule is O=c1c2c([N+](=O)[O-])cccc2nc2n1CCN2. The summed E-state index contributed by atoms with van der Waals surface area (Å²) >= 11 is 0. The molecule has 0 saturated carbocycles. The summed E-state index contributed by atoms with van der Waals surface area (Å²) in [6.07, 6.45) is 0. The lowest BCUT2D eigenvalue weighted by molar-refractivity contribution is -0.383. The Kier molecular flexibility index (Phi) is 1.88. The molecule has 0 fully saturated rings. The van der Waals surface area contributed by atoms with Crippen molar-refractivity contribution in [3.8, 4) is 0 Å². The number of nitro benzene ring substituents is 1. The molecule has 7 nitrogen and oxygen atoms in total. The molecule has 0 atom stereocenters. The number of hydrogen-bond acceptors (Lipinski definition) is 5. The lowest BCUT2D eigenvalue weighted by Crippen LogP contribution is -2.19. The molecular formula is C10H8N4O3. The maximum absolute atomic E-state index is 12.1. The van der Waals surface area contributed by atoms with E-state index in [1.807, 2.05) is 0 Å². The van der Waals surface area contributed by atoms with E-state index in [2.05, 4.69) is 10.3 Å². The van der Waals surface area contributed by atoms with Crippen LogP contribution in [0.2, 0.25) is 0 Å². The van der Waals surface area contributed by atoms with Crippen molar-refractivity contribution < 1.29 is 4.92 Å². The van der Waals surface area contributed by atoms with E-state index in [1.54, 1.807) is 6.07 Å². The summed E-state index contributed by atoms with van der Waals surface area (Å²) in [6.45, 7) is 1.11. The molecule has 86 valence electrons. The van der Waals surface area contributed by atoms with Crippen LogP contribution in [0.1, 0.15) is 0 Å². The highest BCUT2D eigenvalue weighted by atomic mass is 16.6. The van der Waals surface area contributed by atoms with Gasteiger partial charge in [0, 0.05) is 19.2 Å². The van der Waals surface area contributed by atoms with Crippen LogP contribution < -0.4 is 10.9 Å². The van der Waals surface area contributed by atoms with Gasteiger partial charge in [-0.1, -0.05) is 6.07 Å². The van der Waals surface area contributed by atoms with Crippen molar-refractivity contribution in [1.82, 2.24) is 9.55 Å². The zero-order valence-corrected chi connectivity index (χ0v) is 8.71. The lowest BCUT2D eigenvalue weighted by atomic mass is 10.2. The van der Waals surface area contributed by atoms with Gasteiger partial charge in [0.2, 0.25) is 5.95 Å². The molecule has 0 bridgehead atoms. The van der Waals surface area contributed by atoms with Crippen LogP contribution >= 0.6 is 0 Å². The quantitative estimate of drug-likeness (QED) is 0.578. The molecular weight excluding hydrogens is 224 g/mol. The molecule has 1 aliphatic heterocycles. The summed E-state index contributed by atoms with van der Waals surface area (Å²) in [7, 11) is 0. The molecule has 2 heterocycles. The minimum absolute atomic E-state index is 0.0740. The van der Waals surface area contributed by atoms with Crippen LogP contribution in [0.25, 0.3) is 10.9 Å². The summed E-state index contributed by atoms with van der Waals surface area (Å²) in [5, 5.41) is 13.9. The number of hydrogen-bond donors (Lipinski definition) is 1. The average molecular weight is 232 g/mol. The highest BCUT2D eigenvalue weighted by Gasteiger charge is 2.21. The second kappa shape index (κ2) is 3.27. The van der Waals surface area contributed by atoms with Gasteiger partial charge in [0.15, 0.2) is 0 Å². The van der Waals surface area contributed by atoms with E-state index >= 15 is 0 Å². The average Bonchev–Trinajstić information content (AvgIpc) is 2.76. The molecule has 0 radical (unpaired) electrons.